The van der Waals surface area contributed by atoms with Crippen molar-refractivity contribution in [2.75, 3.05) is 11.5 Å². The van der Waals surface area contributed by atoms with Crippen molar-refractivity contribution < 1.29 is 38.2 Å². The molecule has 0 saturated carbocycles. The number of unbranched alkanes of at least 4 members (excludes halogenated alkanes) is 1. The van der Waals surface area contributed by atoms with E-state index < -0.39 is 47.5 Å². The van der Waals surface area contributed by atoms with E-state index in [4.69, 9.17) is 14.2 Å². The molecule has 9 heteroatoms. The van der Waals surface area contributed by atoms with Gasteiger partial charge in [-0.2, -0.15) is 0 Å². The molecule has 0 bridgehead atoms. The first-order chi connectivity index (χ1) is 21.2. The molecule has 1 saturated heterocycles. The summed E-state index contributed by atoms with van der Waals surface area (Å²) in [4.78, 5) is 65.1. The number of hydrogen-bond acceptors (Lipinski definition) is 8. The number of rotatable bonds is 12. The highest BCUT2D eigenvalue weighted by atomic mass is 16.5. The molecule has 1 heterocycles. The third kappa shape index (κ3) is 12.1. The van der Waals surface area contributed by atoms with Gasteiger partial charge in [-0.1, -0.05) is 102 Å². The van der Waals surface area contributed by atoms with Gasteiger partial charge < -0.3 is 14.2 Å². The Bertz CT molecular complexity index is 1510. The number of carbonyl (C=O) groups is 5. The van der Waals surface area contributed by atoms with Gasteiger partial charge in [-0.05, 0) is 73.0 Å². The topological polar surface area (TPSA) is 116 Å². The van der Waals surface area contributed by atoms with Crippen LogP contribution in [-0.2, 0) is 23.9 Å². The lowest BCUT2D eigenvalue weighted by Gasteiger charge is -2.21. The Morgan fingerprint density at radius 3 is 1.88 bits per heavy atom. The van der Waals surface area contributed by atoms with Crippen molar-refractivity contribution in [3.05, 3.63) is 96.1 Å². The predicted molar refractivity (Wildman–Crippen MR) is 204 cm³/mol. The number of esters is 3. The van der Waals surface area contributed by atoms with E-state index in [9.17, 15) is 24.0 Å². The van der Waals surface area contributed by atoms with Crippen LogP contribution < -0.4 is 14.4 Å². The van der Waals surface area contributed by atoms with Crippen LogP contribution in [0.2, 0.25) is 0 Å². The predicted octanol–water partition coefficient (Wildman–Crippen LogP) is 9.84. The van der Waals surface area contributed by atoms with Crippen LogP contribution in [0.4, 0.5) is 5.69 Å². The number of anilines is 1. The van der Waals surface area contributed by atoms with Crippen LogP contribution in [0.15, 0.2) is 84.9 Å². The number of imide groups is 1. The van der Waals surface area contributed by atoms with Gasteiger partial charge in [0.1, 0.15) is 11.5 Å². The molecule has 4 rings (SSSR count). The smallest absolute Gasteiger partial charge is 0.343 e. The van der Waals surface area contributed by atoms with Crippen LogP contribution in [0.3, 0.4) is 0 Å². The fourth-order valence-electron chi connectivity index (χ4n) is 4.96. The lowest BCUT2D eigenvalue weighted by atomic mass is 9.82. The molecule has 3 atom stereocenters. The molecule has 276 valence electrons. The summed E-state index contributed by atoms with van der Waals surface area (Å²) in [6.07, 6.45) is 4.93. The zero-order chi connectivity index (χ0) is 31.6. The summed E-state index contributed by atoms with van der Waals surface area (Å²) in [5, 5.41) is 0. The molecule has 3 aromatic rings. The van der Waals surface area contributed by atoms with E-state index >= 15 is 0 Å². The number of nitrogens with zero attached hydrogens (tertiary/aromatic N) is 1. The average Bonchev–Trinajstić information content (AvgIpc) is 3.25. The molecule has 3 aromatic carbocycles. The van der Waals surface area contributed by atoms with Crippen molar-refractivity contribution in [2.45, 2.75) is 84.6 Å². The van der Waals surface area contributed by atoms with Crippen molar-refractivity contribution >= 4 is 41.5 Å². The first-order valence-electron chi connectivity index (χ1n) is 14.6. The maximum atomic E-state index is 13.4. The van der Waals surface area contributed by atoms with E-state index in [1.54, 1.807) is 19.9 Å². The SMILES string of the molecule is C.C.C.C.C.C.CCCCOC(=O)C(CC)C1C(=O)N(c2ccc(OC(=O)c3ccc(OC(=O)/C=C/c4ccccc4)cc3)cc2)C(=O)C1C. The van der Waals surface area contributed by atoms with E-state index in [-0.39, 0.29) is 68.2 Å². The molecule has 0 aromatic heterocycles. The Balaban J connectivity index is -0.00000368. The molecule has 0 aliphatic carbocycles. The Morgan fingerprint density at radius 2 is 1.32 bits per heavy atom. The molecule has 1 aliphatic heterocycles. The zero-order valence-corrected chi connectivity index (χ0v) is 24.9. The molecule has 0 spiro atoms. The summed E-state index contributed by atoms with van der Waals surface area (Å²) < 4.78 is 16.1. The van der Waals surface area contributed by atoms with Crippen molar-refractivity contribution in [3.8, 4) is 11.5 Å². The minimum atomic E-state index is -0.818. The van der Waals surface area contributed by atoms with Gasteiger partial charge in [0.2, 0.25) is 11.8 Å². The molecule has 0 radical (unpaired) electrons. The van der Waals surface area contributed by atoms with Crippen LogP contribution >= 0.6 is 0 Å². The van der Waals surface area contributed by atoms with Gasteiger partial charge in [0.05, 0.1) is 29.7 Å². The van der Waals surface area contributed by atoms with E-state index in [2.05, 4.69) is 0 Å². The van der Waals surface area contributed by atoms with Crippen LogP contribution in [0.5, 0.6) is 11.5 Å². The molecule has 1 aliphatic rings. The van der Waals surface area contributed by atoms with Gasteiger partial charge in [0.25, 0.3) is 0 Å². The maximum Gasteiger partial charge on any atom is 0.343 e. The summed E-state index contributed by atoms with van der Waals surface area (Å²) in [6.45, 7) is 5.72. The minimum absolute atomic E-state index is 0. The fraction of sp³-hybridized carbons (Fsp3) is 0.390. The van der Waals surface area contributed by atoms with Crippen molar-refractivity contribution in [1.29, 1.82) is 0 Å². The van der Waals surface area contributed by atoms with Gasteiger partial charge in [-0.25, -0.2) is 9.59 Å². The third-order valence-corrected chi connectivity index (χ3v) is 7.40. The molecule has 1 fully saturated rings. The zero-order valence-electron chi connectivity index (χ0n) is 24.9. The fourth-order valence-corrected chi connectivity index (χ4v) is 4.96. The number of amides is 2. The van der Waals surface area contributed by atoms with E-state index in [1.165, 1.54) is 54.6 Å². The Kier molecular flexibility index (Phi) is 23.0. The van der Waals surface area contributed by atoms with E-state index in [0.717, 1.165) is 23.3 Å². The summed E-state index contributed by atoms with van der Waals surface area (Å²) in [6, 6.07) is 21.2. The molecule has 9 nitrogen and oxygen atoms in total. The van der Waals surface area contributed by atoms with Gasteiger partial charge in [-0.3, -0.25) is 19.3 Å². The lowest BCUT2D eigenvalue weighted by molar-refractivity contribution is -0.153. The Hall–Kier alpha value is -5.05. The second-order valence-electron chi connectivity index (χ2n) is 10.4. The monoisotopic (exact) mass is 693 g/mol. The van der Waals surface area contributed by atoms with Crippen LogP contribution in [-0.4, -0.2) is 36.3 Å². The second-order valence-corrected chi connectivity index (χ2v) is 10.4. The van der Waals surface area contributed by atoms with Crippen LogP contribution in [0, 0.1) is 17.8 Å². The number of carbonyl (C=O) groups excluding carboxylic acids is 5. The first-order valence-corrected chi connectivity index (χ1v) is 14.6. The summed E-state index contributed by atoms with van der Waals surface area (Å²) in [7, 11) is 0. The second kappa shape index (κ2) is 23.3. The quantitative estimate of drug-likeness (QED) is 0.0605. The Labute approximate surface area is 300 Å². The first kappa shape index (κ1) is 49.3. The van der Waals surface area contributed by atoms with Crippen molar-refractivity contribution in [3.63, 3.8) is 0 Å². The molecular formula is C41H59NO8. The summed E-state index contributed by atoms with van der Waals surface area (Å²) >= 11 is 0. The van der Waals surface area contributed by atoms with E-state index in [0.29, 0.717) is 12.1 Å². The highest BCUT2D eigenvalue weighted by molar-refractivity contribution is 6.22. The van der Waals surface area contributed by atoms with Crippen molar-refractivity contribution in [1.82, 2.24) is 0 Å². The standard InChI is InChI=1S/C35H35NO8.6CH4/c1-4-6-22-42-35(41)29(5-2)31-23(3)32(38)36(33(31)39)26-15-19-28(20-16-26)44-34(40)25-13-17-27(18-14-25)43-30(37)21-12-24-10-8-7-9-11-24;;;;;;/h7-21,23,29,31H,4-6,22H2,1-3H3;6*1H4/b21-12+;;;;;;. The molecule has 3 unspecified atom stereocenters. The van der Waals surface area contributed by atoms with Gasteiger partial charge in [0.15, 0.2) is 0 Å². The number of ether oxygens (including phenoxy) is 3. The minimum Gasteiger partial charge on any atom is -0.465 e. The summed E-state index contributed by atoms with van der Waals surface area (Å²) in [5.74, 6) is -4.28. The Morgan fingerprint density at radius 1 is 0.760 bits per heavy atom. The van der Waals surface area contributed by atoms with Crippen LogP contribution in [0.25, 0.3) is 6.08 Å². The van der Waals surface area contributed by atoms with Gasteiger partial charge in [-0.15, -0.1) is 0 Å². The van der Waals surface area contributed by atoms with Crippen molar-refractivity contribution in [2.24, 2.45) is 17.8 Å². The molecule has 50 heavy (non-hydrogen) atoms. The highest BCUT2D eigenvalue weighted by Gasteiger charge is 2.51. The van der Waals surface area contributed by atoms with Crippen LogP contribution in [0.1, 0.15) is 101 Å². The number of benzene rings is 3. The number of hydrogen-bond donors (Lipinski definition) is 0. The molecular weight excluding hydrogens is 634 g/mol. The van der Waals surface area contributed by atoms with E-state index in [1.807, 2.05) is 37.3 Å². The lowest BCUT2D eigenvalue weighted by Crippen LogP contribution is -2.35. The van der Waals surface area contributed by atoms with Gasteiger partial charge >= 0.3 is 17.9 Å². The maximum absolute atomic E-state index is 13.4. The third-order valence-electron chi connectivity index (χ3n) is 7.40. The average molecular weight is 694 g/mol. The normalized spacial score (nSPS) is 15.0. The van der Waals surface area contributed by atoms with Gasteiger partial charge in [0, 0.05) is 12.0 Å². The summed E-state index contributed by atoms with van der Waals surface area (Å²) in [5.41, 5.74) is 1.40. The molecule has 2 amide bonds. The largest absolute Gasteiger partial charge is 0.465 e. The highest BCUT2D eigenvalue weighted by Crippen LogP contribution is 2.37. The molecule has 0 N–H and O–H groups in total.